The highest BCUT2D eigenvalue weighted by atomic mass is 32.2. The van der Waals surface area contributed by atoms with E-state index in [2.05, 4.69) is 6.58 Å². The predicted octanol–water partition coefficient (Wildman–Crippen LogP) is 0.931. The molecule has 1 aliphatic rings. The van der Waals surface area contributed by atoms with Crippen molar-refractivity contribution in [3.63, 3.8) is 0 Å². The third-order valence-corrected chi connectivity index (χ3v) is 3.27. The maximum absolute atomic E-state index is 11.5. The Morgan fingerprint density at radius 2 is 2.19 bits per heavy atom. The van der Waals surface area contributed by atoms with Crippen molar-refractivity contribution in [1.29, 1.82) is 0 Å². The van der Waals surface area contributed by atoms with Crippen LogP contribution in [0.4, 0.5) is 0 Å². The minimum absolute atomic E-state index is 0.169. The Bertz CT molecular complexity index is 364. The number of hydrogen-bond acceptors (Lipinski definition) is 5. The van der Waals surface area contributed by atoms with Crippen LogP contribution in [0, 0.1) is 0 Å². The van der Waals surface area contributed by atoms with Crippen LogP contribution in [0.2, 0.25) is 0 Å². The van der Waals surface area contributed by atoms with Crippen LogP contribution in [0.1, 0.15) is 13.3 Å². The van der Waals surface area contributed by atoms with Crippen LogP contribution in [0.5, 0.6) is 0 Å². The average Bonchev–Trinajstić information content (AvgIpc) is 2.50. The van der Waals surface area contributed by atoms with Crippen LogP contribution in [0.3, 0.4) is 0 Å². The van der Waals surface area contributed by atoms with Gasteiger partial charge in [0.1, 0.15) is 0 Å². The Morgan fingerprint density at radius 1 is 1.50 bits per heavy atom. The molecule has 6 heteroatoms. The van der Waals surface area contributed by atoms with Gasteiger partial charge in [-0.15, -0.1) is 6.58 Å². The van der Waals surface area contributed by atoms with Crippen LogP contribution in [0.25, 0.3) is 0 Å². The second-order valence-electron chi connectivity index (χ2n) is 3.64. The Hall–Kier alpha value is -1.01. The first-order valence-electron chi connectivity index (χ1n) is 5.18. The van der Waals surface area contributed by atoms with Gasteiger partial charge in [-0.3, -0.25) is 0 Å². The van der Waals surface area contributed by atoms with Crippen molar-refractivity contribution in [1.82, 2.24) is 9.80 Å². The molecule has 0 aliphatic carbocycles. The van der Waals surface area contributed by atoms with Gasteiger partial charge in [0.2, 0.25) is 6.35 Å². The summed E-state index contributed by atoms with van der Waals surface area (Å²) >= 11 is 0. The molecule has 0 saturated carbocycles. The molecule has 1 rings (SSSR count). The molecule has 1 aliphatic heterocycles. The van der Waals surface area contributed by atoms with E-state index in [1.165, 1.54) is 6.08 Å². The number of nitrogens with zero attached hydrogens (tertiary/aromatic N) is 2. The van der Waals surface area contributed by atoms with E-state index in [-0.39, 0.29) is 5.75 Å². The van der Waals surface area contributed by atoms with E-state index in [9.17, 15) is 8.42 Å². The lowest BCUT2D eigenvalue weighted by Crippen LogP contribution is -2.41. The van der Waals surface area contributed by atoms with Gasteiger partial charge < -0.3 is 9.80 Å². The van der Waals surface area contributed by atoms with Crippen molar-refractivity contribution in [2.75, 3.05) is 19.3 Å². The molecule has 92 valence electrons. The van der Waals surface area contributed by atoms with Gasteiger partial charge in [0, 0.05) is 26.0 Å². The van der Waals surface area contributed by atoms with Crippen LogP contribution >= 0.6 is 0 Å². The smallest absolute Gasteiger partial charge is 0.274 e. The SMILES string of the molecule is C=CCS(=O)(=O)OC1N(C)C=CN1CCC. The predicted molar refractivity (Wildman–Crippen MR) is 62.8 cm³/mol. The van der Waals surface area contributed by atoms with Crippen LogP contribution < -0.4 is 0 Å². The first kappa shape index (κ1) is 13.1. The molecule has 0 bridgehead atoms. The third kappa shape index (κ3) is 3.24. The summed E-state index contributed by atoms with van der Waals surface area (Å²) in [4.78, 5) is 3.57. The monoisotopic (exact) mass is 246 g/mol. The molecule has 0 aromatic rings. The van der Waals surface area contributed by atoms with Crippen molar-refractivity contribution in [3.05, 3.63) is 25.1 Å². The van der Waals surface area contributed by atoms with Gasteiger partial charge in [-0.2, -0.15) is 8.42 Å². The first-order chi connectivity index (χ1) is 7.50. The van der Waals surface area contributed by atoms with E-state index in [0.29, 0.717) is 0 Å². The topological polar surface area (TPSA) is 49.9 Å². The molecule has 16 heavy (non-hydrogen) atoms. The lowest BCUT2D eigenvalue weighted by Gasteiger charge is -2.28. The van der Waals surface area contributed by atoms with E-state index in [4.69, 9.17) is 4.18 Å². The highest BCUT2D eigenvalue weighted by Crippen LogP contribution is 2.17. The van der Waals surface area contributed by atoms with Gasteiger partial charge in [-0.1, -0.05) is 13.0 Å². The molecule has 0 aromatic heterocycles. The molecule has 0 aromatic carbocycles. The summed E-state index contributed by atoms with van der Waals surface area (Å²) in [5.41, 5.74) is 0. The molecule has 0 fully saturated rings. The molecule has 0 amide bonds. The summed E-state index contributed by atoms with van der Waals surface area (Å²) in [6.07, 6.45) is 5.31. The quantitative estimate of drug-likeness (QED) is 0.515. The lowest BCUT2D eigenvalue weighted by atomic mass is 10.4. The summed E-state index contributed by atoms with van der Waals surface area (Å²) in [5, 5.41) is 0. The van der Waals surface area contributed by atoms with E-state index in [1.54, 1.807) is 18.1 Å². The summed E-state index contributed by atoms with van der Waals surface area (Å²) in [6.45, 7) is 6.18. The van der Waals surface area contributed by atoms with Gasteiger partial charge in [0.25, 0.3) is 10.1 Å². The van der Waals surface area contributed by atoms with Crippen molar-refractivity contribution in [3.8, 4) is 0 Å². The molecule has 0 N–H and O–H groups in total. The second kappa shape index (κ2) is 5.36. The highest BCUT2D eigenvalue weighted by molar-refractivity contribution is 7.86. The Labute approximate surface area is 97.1 Å². The van der Waals surface area contributed by atoms with Gasteiger partial charge in [-0.25, -0.2) is 4.18 Å². The van der Waals surface area contributed by atoms with Crippen LogP contribution in [0.15, 0.2) is 25.1 Å². The molecular weight excluding hydrogens is 228 g/mol. The molecule has 0 spiro atoms. The first-order valence-corrected chi connectivity index (χ1v) is 6.75. The molecule has 0 radical (unpaired) electrons. The zero-order valence-corrected chi connectivity index (χ0v) is 10.5. The maximum atomic E-state index is 11.5. The van der Waals surface area contributed by atoms with Crippen molar-refractivity contribution < 1.29 is 12.6 Å². The fourth-order valence-corrected chi connectivity index (χ4v) is 2.33. The van der Waals surface area contributed by atoms with Gasteiger partial charge in [0.15, 0.2) is 0 Å². The van der Waals surface area contributed by atoms with Gasteiger partial charge >= 0.3 is 0 Å². The van der Waals surface area contributed by atoms with Crippen LogP contribution in [-0.2, 0) is 14.3 Å². The van der Waals surface area contributed by atoms with Crippen molar-refractivity contribution in [2.45, 2.75) is 19.7 Å². The largest absolute Gasteiger partial charge is 0.336 e. The van der Waals surface area contributed by atoms with E-state index in [0.717, 1.165) is 13.0 Å². The van der Waals surface area contributed by atoms with Crippen molar-refractivity contribution in [2.24, 2.45) is 0 Å². The Morgan fingerprint density at radius 3 is 2.75 bits per heavy atom. The summed E-state index contributed by atoms with van der Waals surface area (Å²) < 4.78 is 28.1. The zero-order valence-electron chi connectivity index (χ0n) is 9.67. The molecule has 0 saturated heterocycles. The van der Waals surface area contributed by atoms with Gasteiger partial charge in [-0.05, 0) is 6.42 Å². The molecular formula is C10H18N2O3S. The van der Waals surface area contributed by atoms with E-state index >= 15 is 0 Å². The summed E-state index contributed by atoms with van der Waals surface area (Å²) in [6, 6.07) is 0. The molecule has 1 atom stereocenters. The summed E-state index contributed by atoms with van der Waals surface area (Å²) in [7, 11) is -1.76. The molecule has 1 unspecified atom stereocenters. The normalized spacial score (nSPS) is 20.5. The standard InChI is InChI=1S/C10H18N2O3S/c1-4-6-12-8-7-11(3)10(12)15-16(13,14)9-5-2/h5,7-8,10H,2,4,6,9H2,1,3H3. The van der Waals surface area contributed by atoms with E-state index < -0.39 is 16.5 Å². The molecule has 5 nitrogen and oxygen atoms in total. The Balaban J connectivity index is 2.68. The van der Waals surface area contributed by atoms with Crippen molar-refractivity contribution >= 4 is 10.1 Å². The minimum atomic E-state index is -3.54. The third-order valence-electron chi connectivity index (χ3n) is 2.16. The van der Waals surface area contributed by atoms with Gasteiger partial charge in [0.05, 0.1) is 5.75 Å². The highest BCUT2D eigenvalue weighted by Gasteiger charge is 2.28. The fourth-order valence-electron chi connectivity index (χ4n) is 1.45. The Kier molecular flexibility index (Phi) is 4.37. The van der Waals surface area contributed by atoms with E-state index in [1.807, 2.05) is 18.0 Å². The van der Waals surface area contributed by atoms with Crippen LogP contribution in [-0.4, -0.2) is 43.9 Å². The minimum Gasteiger partial charge on any atom is -0.336 e. The molecule has 1 heterocycles. The second-order valence-corrected chi connectivity index (χ2v) is 5.28. The lowest BCUT2D eigenvalue weighted by molar-refractivity contribution is -0.00792. The summed E-state index contributed by atoms with van der Waals surface area (Å²) in [5.74, 6) is -0.169. The fraction of sp³-hybridized carbons (Fsp3) is 0.600. The number of rotatable bonds is 6. The maximum Gasteiger partial charge on any atom is 0.274 e. The zero-order chi connectivity index (χ0) is 12.2. The number of hydrogen-bond donors (Lipinski definition) is 0. The average molecular weight is 246 g/mol.